The van der Waals surface area contributed by atoms with Crippen LogP contribution in [0.5, 0.6) is 0 Å². The van der Waals surface area contributed by atoms with Gasteiger partial charge in [-0.2, -0.15) is 0 Å². The van der Waals surface area contributed by atoms with Crippen LogP contribution in [0.3, 0.4) is 0 Å². The van der Waals surface area contributed by atoms with Crippen LogP contribution in [0.25, 0.3) is 0 Å². The summed E-state index contributed by atoms with van der Waals surface area (Å²) in [5.41, 5.74) is 6.67. The first kappa shape index (κ1) is 13.9. The maximum atomic E-state index is 10.8. The number of fused-ring (bicyclic) bond motifs is 2. The molecule has 2 aliphatic rings. The SMILES string of the molecule is N[C@H](CCC(=O)O)C(=O)O.O=C1C2=CC=C1C=C2. The van der Waals surface area contributed by atoms with E-state index in [1.165, 1.54) is 0 Å². The molecule has 4 N–H and O–H groups in total. The number of allylic oxidation sites excluding steroid dienone is 6. The molecule has 6 heteroatoms. The lowest BCUT2D eigenvalue weighted by Gasteiger charge is -2.01. The van der Waals surface area contributed by atoms with E-state index in [4.69, 9.17) is 15.9 Å². The monoisotopic (exact) mass is 251 g/mol. The predicted molar refractivity (Wildman–Crippen MR) is 62.8 cm³/mol. The number of carboxylic acid groups (broad SMARTS) is 2. The highest BCUT2D eigenvalue weighted by Crippen LogP contribution is 2.23. The summed E-state index contributed by atoms with van der Waals surface area (Å²) in [7, 11) is 0. The number of Topliss-reactive ketones (excluding diaryl/α,β-unsaturated/α-hetero) is 1. The fraction of sp³-hybridized carbons (Fsp3) is 0.250. The molecule has 0 saturated carbocycles. The van der Waals surface area contributed by atoms with Crippen LogP contribution >= 0.6 is 0 Å². The zero-order chi connectivity index (χ0) is 13.7. The van der Waals surface area contributed by atoms with E-state index >= 15 is 0 Å². The molecule has 0 aromatic heterocycles. The van der Waals surface area contributed by atoms with Gasteiger partial charge in [-0.05, 0) is 6.42 Å². The molecule has 6 nitrogen and oxygen atoms in total. The van der Waals surface area contributed by atoms with Crippen molar-refractivity contribution in [2.45, 2.75) is 18.9 Å². The van der Waals surface area contributed by atoms with Gasteiger partial charge < -0.3 is 15.9 Å². The molecule has 0 heterocycles. The van der Waals surface area contributed by atoms with Crippen molar-refractivity contribution in [2.75, 3.05) is 0 Å². The van der Waals surface area contributed by atoms with Gasteiger partial charge in [0, 0.05) is 17.6 Å². The van der Waals surface area contributed by atoms with Crippen molar-refractivity contribution in [1.29, 1.82) is 0 Å². The minimum absolute atomic E-state index is 0.0231. The van der Waals surface area contributed by atoms with Gasteiger partial charge in [-0.3, -0.25) is 14.4 Å². The summed E-state index contributed by atoms with van der Waals surface area (Å²) in [6.45, 7) is 0. The lowest BCUT2D eigenvalue weighted by Crippen LogP contribution is -2.30. The van der Waals surface area contributed by atoms with Gasteiger partial charge in [0.15, 0.2) is 5.78 Å². The normalized spacial score (nSPS) is 16.6. The summed E-state index contributed by atoms with van der Waals surface area (Å²) in [5, 5.41) is 16.3. The first-order valence-electron chi connectivity index (χ1n) is 5.26. The number of hydrogen-bond acceptors (Lipinski definition) is 4. The standard InChI is InChI=1S/C7H4O.C5H9NO4/c8-7-5-1-2-6(7)4-3-5;6-3(5(9)10)1-2-4(7)8/h1-4H;3H,1-2,6H2,(H,7,8)(H,9,10)/t;3-/m.1/s1. The van der Waals surface area contributed by atoms with Crippen molar-refractivity contribution >= 4 is 17.7 Å². The molecule has 0 aromatic carbocycles. The molecule has 2 rings (SSSR count). The van der Waals surface area contributed by atoms with Crippen molar-refractivity contribution in [2.24, 2.45) is 5.73 Å². The summed E-state index contributed by atoms with van der Waals surface area (Å²) in [6.07, 6.45) is 7.16. The maximum Gasteiger partial charge on any atom is 0.320 e. The Bertz CT molecular complexity index is 449. The Labute approximate surface area is 103 Å². The molecule has 0 spiro atoms. The van der Waals surface area contributed by atoms with Crippen LogP contribution in [-0.4, -0.2) is 34.0 Å². The number of carbonyl (C=O) groups excluding carboxylic acids is 1. The van der Waals surface area contributed by atoms with E-state index < -0.39 is 18.0 Å². The topological polar surface area (TPSA) is 118 Å². The lowest BCUT2D eigenvalue weighted by molar-refractivity contribution is -0.139. The van der Waals surface area contributed by atoms with Gasteiger partial charge in [0.2, 0.25) is 0 Å². The average Bonchev–Trinajstić information content (AvgIpc) is 2.85. The molecule has 0 aromatic rings. The number of carboxylic acids is 2. The minimum Gasteiger partial charge on any atom is -0.481 e. The van der Waals surface area contributed by atoms with Crippen LogP contribution in [-0.2, 0) is 14.4 Å². The number of aliphatic carboxylic acids is 2. The Balaban J connectivity index is 0.000000182. The van der Waals surface area contributed by atoms with Gasteiger partial charge in [-0.15, -0.1) is 0 Å². The smallest absolute Gasteiger partial charge is 0.320 e. The molecular formula is C12H13NO5. The molecule has 96 valence electrons. The third-order valence-corrected chi connectivity index (χ3v) is 2.40. The zero-order valence-corrected chi connectivity index (χ0v) is 9.50. The van der Waals surface area contributed by atoms with Crippen LogP contribution in [0.2, 0.25) is 0 Å². The van der Waals surface area contributed by atoms with Gasteiger partial charge in [0.1, 0.15) is 6.04 Å². The minimum atomic E-state index is -1.17. The molecule has 0 amide bonds. The summed E-state index contributed by atoms with van der Waals surface area (Å²) >= 11 is 0. The third kappa shape index (κ3) is 3.67. The predicted octanol–water partition coefficient (Wildman–Crippen LogP) is 0.255. The van der Waals surface area contributed by atoms with Crippen LogP contribution in [0.1, 0.15) is 12.8 Å². The second kappa shape index (κ2) is 5.92. The van der Waals surface area contributed by atoms with Crippen molar-refractivity contribution in [3.8, 4) is 0 Å². The first-order valence-corrected chi connectivity index (χ1v) is 5.26. The quantitative estimate of drug-likeness (QED) is 0.659. The van der Waals surface area contributed by atoms with Gasteiger partial charge in [0.05, 0.1) is 0 Å². The highest BCUT2D eigenvalue weighted by molar-refractivity contribution is 6.17. The van der Waals surface area contributed by atoms with Gasteiger partial charge in [0.25, 0.3) is 0 Å². The second-order valence-corrected chi connectivity index (χ2v) is 3.78. The Hall–Kier alpha value is -2.21. The number of carbonyl (C=O) groups is 3. The zero-order valence-electron chi connectivity index (χ0n) is 9.50. The molecule has 0 radical (unpaired) electrons. The molecule has 0 saturated heterocycles. The van der Waals surface area contributed by atoms with Crippen molar-refractivity contribution in [1.82, 2.24) is 0 Å². The fourth-order valence-electron chi connectivity index (χ4n) is 1.34. The Morgan fingerprint density at radius 1 is 1.17 bits per heavy atom. The summed E-state index contributed by atoms with van der Waals surface area (Å²) < 4.78 is 0. The van der Waals surface area contributed by atoms with Crippen LogP contribution in [0.15, 0.2) is 35.5 Å². The van der Waals surface area contributed by atoms with E-state index in [-0.39, 0.29) is 18.6 Å². The number of nitrogens with two attached hydrogens (primary N) is 1. The van der Waals surface area contributed by atoms with E-state index in [9.17, 15) is 14.4 Å². The number of hydrogen-bond donors (Lipinski definition) is 3. The molecular weight excluding hydrogens is 238 g/mol. The van der Waals surface area contributed by atoms with Crippen LogP contribution in [0.4, 0.5) is 0 Å². The van der Waals surface area contributed by atoms with Gasteiger partial charge >= 0.3 is 11.9 Å². The average molecular weight is 251 g/mol. The Morgan fingerprint density at radius 3 is 1.89 bits per heavy atom. The first-order chi connectivity index (χ1) is 8.41. The molecule has 0 fully saturated rings. The molecule has 2 bridgehead atoms. The van der Waals surface area contributed by atoms with E-state index in [1.54, 1.807) is 0 Å². The molecule has 1 atom stereocenters. The molecule has 18 heavy (non-hydrogen) atoms. The van der Waals surface area contributed by atoms with E-state index in [0.717, 1.165) is 11.1 Å². The highest BCUT2D eigenvalue weighted by atomic mass is 16.4. The van der Waals surface area contributed by atoms with E-state index in [2.05, 4.69) is 0 Å². The second-order valence-electron chi connectivity index (χ2n) is 3.78. The largest absolute Gasteiger partial charge is 0.481 e. The maximum absolute atomic E-state index is 10.8. The van der Waals surface area contributed by atoms with E-state index in [1.807, 2.05) is 24.3 Å². The summed E-state index contributed by atoms with van der Waals surface area (Å²) in [4.78, 5) is 30.6. The summed E-state index contributed by atoms with van der Waals surface area (Å²) in [5.74, 6) is -2.01. The van der Waals surface area contributed by atoms with Crippen molar-refractivity contribution in [3.63, 3.8) is 0 Å². The number of ketones is 1. The highest BCUT2D eigenvalue weighted by Gasteiger charge is 2.20. The lowest BCUT2D eigenvalue weighted by atomic mass is 10.2. The molecule has 2 aliphatic carbocycles. The Kier molecular flexibility index (Phi) is 4.56. The van der Waals surface area contributed by atoms with Crippen molar-refractivity contribution < 1.29 is 24.6 Å². The van der Waals surface area contributed by atoms with Gasteiger partial charge in [-0.25, -0.2) is 0 Å². The van der Waals surface area contributed by atoms with Gasteiger partial charge in [-0.1, -0.05) is 24.3 Å². The Morgan fingerprint density at radius 2 is 1.67 bits per heavy atom. The fourth-order valence-corrected chi connectivity index (χ4v) is 1.34. The number of rotatable bonds is 4. The molecule has 0 unspecified atom stereocenters. The van der Waals surface area contributed by atoms with Crippen molar-refractivity contribution in [3.05, 3.63) is 35.5 Å². The summed E-state index contributed by atoms with van der Waals surface area (Å²) in [6, 6.07) is -1.06. The molecule has 0 aliphatic heterocycles. The van der Waals surface area contributed by atoms with E-state index in [0.29, 0.717) is 0 Å². The van der Waals surface area contributed by atoms with Crippen LogP contribution in [0, 0.1) is 0 Å². The van der Waals surface area contributed by atoms with Crippen LogP contribution < -0.4 is 5.73 Å². The third-order valence-electron chi connectivity index (χ3n) is 2.40.